The summed E-state index contributed by atoms with van der Waals surface area (Å²) in [5.74, 6) is -1.62. The number of piperidine rings is 1. The maximum atomic E-state index is 13.6. The molecule has 8 heteroatoms. The van der Waals surface area contributed by atoms with Crippen LogP contribution in [-0.4, -0.2) is 48.7 Å². The van der Waals surface area contributed by atoms with Gasteiger partial charge in [0.25, 0.3) is 5.91 Å². The molecule has 0 radical (unpaired) electrons. The van der Waals surface area contributed by atoms with E-state index in [4.69, 9.17) is 5.73 Å². The number of aromatic nitrogens is 1. The van der Waals surface area contributed by atoms with Gasteiger partial charge in [0, 0.05) is 29.3 Å². The molecule has 49 heavy (non-hydrogen) atoms. The standard InChI is InChI=1S/C41H68N4O4/c1-6-7-8-9-10-11-12-13-14-15-16-17-18-19-20-24-27-34-28-37(47)45(39(34)49)44(38(48)29-36(42)46)35-30-40(2,3)43(41(4,5)31-35)32-33-25-22-21-23-26-33/h21-23,25-26,28,35,47,49H,6-20,24,27,29-32H2,1-5H3,(H2,42,46). The summed E-state index contributed by atoms with van der Waals surface area (Å²) in [6.45, 7) is 11.7. The second-order valence-electron chi connectivity index (χ2n) is 15.9. The van der Waals surface area contributed by atoms with Crippen LogP contribution in [0.5, 0.6) is 11.8 Å². The Hall–Kier alpha value is -3.00. The van der Waals surface area contributed by atoms with Crippen molar-refractivity contribution in [3.63, 3.8) is 0 Å². The normalized spacial score (nSPS) is 16.2. The first-order chi connectivity index (χ1) is 23.4. The van der Waals surface area contributed by atoms with Gasteiger partial charge in [-0.15, -0.1) is 0 Å². The second kappa shape index (κ2) is 20.0. The molecule has 4 N–H and O–H groups in total. The lowest BCUT2D eigenvalue weighted by Gasteiger charge is -2.57. The number of rotatable bonds is 23. The molecule has 276 valence electrons. The number of aromatic hydroxyl groups is 2. The van der Waals surface area contributed by atoms with Crippen molar-refractivity contribution in [3.8, 4) is 11.8 Å². The lowest BCUT2D eigenvalue weighted by Crippen LogP contribution is -2.66. The van der Waals surface area contributed by atoms with Gasteiger partial charge in [0.1, 0.15) is 6.42 Å². The first kappa shape index (κ1) is 40.4. The molecule has 1 fully saturated rings. The Morgan fingerprint density at radius 2 is 1.24 bits per heavy atom. The molecule has 1 aromatic carbocycles. The zero-order valence-electron chi connectivity index (χ0n) is 31.5. The van der Waals surface area contributed by atoms with Crippen molar-refractivity contribution < 1.29 is 19.8 Å². The molecule has 8 nitrogen and oxygen atoms in total. The van der Waals surface area contributed by atoms with Crippen molar-refractivity contribution in [1.82, 2.24) is 9.58 Å². The van der Waals surface area contributed by atoms with Crippen LogP contribution in [0.15, 0.2) is 36.4 Å². The Labute approximate surface area is 297 Å². The van der Waals surface area contributed by atoms with E-state index in [2.05, 4.69) is 51.7 Å². The smallest absolute Gasteiger partial charge is 0.251 e. The summed E-state index contributed by atoms with van der Waals surface area (Å²) in [6, 6.07) is 11.5. The van der Waals surface area contributed by atoms with Crippen LogP contribution >= 0.6 is 0 Å². The topological polar surface area (TPSA) is 112 Å². The Kier molecular flexibility index (Phi) is 16.5. The van der Waals surface area contributed by atoms with Gasteiger partial charge >= 0.3 is 0 Å². The van der Waals surface area contributed by atoms with Crippen LogP contribution in [0.25, 0.3) is 0 Å². The maximum Gasteiger partial charge on any atom is 0.251 e. The van der Waals surface area contributed by atoms with Gasteiger partial charge in [-0.2, -0.15) is 4.68 Å². The number of nitrogens with two attached hydrogens (primary N) is 1. The molecule has 2 heterocycles. The molecule has 2 amide bonds. The minimum absolute atomic E-state index is 0.140. The number of likely N-dealkylation sites (tertiary alicyclic amines) is 1. The van der Waals surface area contributed by atoms with E-state index in [1.165, 1.54) is 98.7 Å². The highest BCUT2D eigenvalue weighted by atomic mass is 16.3. The van der Waals surface area contributed by atoms with Gasteiger partial charge in [-0.3, -0.25) is 14.5 Å². The molecule has 0 atom stereocenters. The van der Waals surface area contributed by atoms with Gasteiger partial charge in [0.05, 0.1) is 6.04 Å². The van der Waals surface area contributed by atoms with Crippen molar-refractivity contribution >= 4 is 11.8 Å². The Bertz CT molecular complexity index is 1250. The van der Waals surface area contributed by atoms with Crippen LogP contribution in [0.2, 0.25) is 0 Å². The summed E-state index contributed by atoms with van der Waals surface area (Å²) in [4.78, 5) is 28.0. The summed E-state index contributed by atoms with van der Waals surface area (Å²) in [5, 5.41) is 23.9. The summed E-state index contributed by atoms with van der Waals surface area (Å²) in [5.41, 5.74) is 6.64. The van der Waals surface area contributed by atoms with Crippen molar-refractivity contribution in [2.45, 2.75) is 187 Å². The van der Waals surface area contributed by atoms with Gasteiger partial charge in [-0.05, 0) is 58.9 Å². The van der Waals surface area contributed by atoms with Crippen LogP contribution < -0.4 is 10.7 Å². The number of amides is 2. The highest BCUT2D eigenvalue weighted by Gasteiger charge is 2.48. The lowest BCUT2D eigenvalue weighted by atomic mass is 9.76. The molecular weight excluding hydrogens is 612 g/mol. The van der Waals surface area contributed by atoms with Gasteiger partial charge in [0.15, 0.2) is 0 Å². The number of carbonyl (C=O) groups excluding carboxylic acids is 2. The fourth-order valence-electron chi connectivity index (χ4n) is 8.13. The van der Waals surface area contributed by atoms with Crippen molar-refractivity contribution in [2.75, 3.05) is 5.01 Å². The largest absolute Gasteiger partial charge is 0.493 e. The fourth-order valence-corrected chi connectivity index (χ4v) is 8.13. The molecular formula is C41H68N4O4. The van der Waals surface area contributed by atoms with E-state index in [-0.39, 0.29) is 28.9 Å². The first-order valence-corrected chi connectivity index (χ1v) is 19.4. The van der Waals surface area contributed by atoms with E-state index >= 15 is 0 Å². The molecule has 0 aliphatic carbocycles. The zero-order chi connectivity index (χ0) is 35.9. The van der Waals surface area contributed by atoms with Crippen LogP contribution in [0.1, 0.15) is 168 Å². The molecule has 1 saturated heterocycles. The van der Waals surface area contributed by atoms with Crippen LogP contribution in [-0.2, 0) is 22.6 Å². The number of carbonyl (C=O) groups is 2. The molecule has 0 saturated carbocycles. The molecule has 1 aliphatic rings. The number of nitrogens with zero attached hydrogens (tertiary/aromatic N) is 3. The summed E-state index contributed by atoms with van der Waals surface area (Å²) in [6.07, 6.45) is 21.9. The van der Waals surface area contributed by atoms with Crippen LogP contribution in [0.4, 0.5) is 0 Å². The highest BCUT2D eigenvalue weighted by molar-refractivity contribution is 6.01. The molecule has 3 rings (SSSR count). The van der Waals surface area contributed by atoms with Crippen LogP contribution in [0.3, 0.4) is 0 Å². The third-order valence-corrected chi connectivity index (χ3v) is 10.6. The summed E-state index contributed by atoms with van der Waals surface area (Å²) >= 11 is 0. The van der Waals surface area contributed by atoms with E-state index in [9.17, 15) is 19.8 Å². The second-order valence-corrected chi connectivity index (χ2v) is 15.9. The number of benzene rings is 1. The van der Waals surface area contributed by atoms with Gasteiger partial charge in [0.2, 0.25) is 17.7 Å². The van der Waals surface area contributed by atoms with E-state index in [1.54, 1.807) is 6.07 Å². The third kappa shape index (κ3) is 12.7. The number of primary amides is 1. The molecule has 1 aromatic heterocycles. The molecule has 2 aromatic rings. The number of hydrogen-bond acceptors (Lipinski definition) is 5. The van der Waals surface area contributed by atoms with E-state index in [0.717, 1.165) is 25.8 Å². The van der Waals surface area contributed by atoms with Gasteiger partial charge in [-0.25, -0.2) is 5.01 Å². The van der Waals surface area contributed by atoms with E-state index in [0.29, 0.717) is 24.8 Å². The third-order valence-electron chi connectivity index (χ3n) is 10.6. The molecule has 0 bridgehead atoms. The SMILES string of the molecule is CCCCCCCCCCCCCCCCCCc1cc(O)n(N(C(=O)CC(N)=O)C2CC(C)(C)N(Cc3ccccc3)C(C)(C)C2)c1O. The maximum absolute atomic E-state index is 13.6. The van der Waals surface area contributed by atoms with E-state index < -0.39 is 18.2 Å². The van der Waals surface area contributed by atoms with Crippen LogP contribution in [0, 0.1) is 0 Å². The average Bonchev–Trinajstić information content (AvgIpc) is 3.30. The highest BCUT2D eigenvalue weighted by Crippen LogP contribution is 2.42. The zero-order valence-corrected chi connectivity index (χ0v) is 31.5. The summed E-state index contributed by atoms with van der Waals surface area (Å²) < 4.78 is 1.22. The number of unbranched alkanes of at least 4 members (excludes halogenated alkanes) is 15. The Morgan fingerprint density at radius 1 is 0.776 bits per heavy atom. The van der Waals surface area contributed by atoms with Crippen molar-refractivity contribution in [1.29, 1.82) is 0 Å². The van der Waals surface area contributed by atoms with Gasteiger partial charge < -0.3 is 15.9 Å². The molecule has 0 unspecified atom stereocenters. The summed E-state index contributed by atoms with van der Waals surface area (Å²) in [7, 11) is 0. The minimum Gasteiger partial charge on any atom is -0.493 e. The predicted octanol–water partition coefficient (Wildman–Crippen LogP) is 9.27. The Balaban J connectivity index is 1.53. The van der Waals surface area contributed by atoms with Crippen molar-refractivity contribution in [3.05, 3.63) is 47.5 Å². The van der Waals surface area contributed by atoms with Gasteiger partial charge in [-0.1, -0.05) is 134 Å². The number of aryl methyl sites for hydroxylation is 1. The molecule has 1 aliphatic heterocycles. The minimum atomic E-state index is -0.741. The van der Waals surface area contributed by atoms with E-state index in [1.807, 2.05) is 18.2 Å². The monoisotopic (exact) mass is 681 g/mol. The molecule has 0 spiro atoms. The number of hydrogen-bond donors (Lipinski definition) is 3. The lowest BCUT2D eigenvalue weighted by molar-refractivity contribution is -0.128. The quantitative estimate of drug-likeness (QED) is 0.0800. The van der Waals surface area contributed by atoms with Crippen molar-refractivity contribution in [2.24, 2.45) is 5.73 Å². The Morgan fingerprint density at radius 3 is 1.71 bits per heavy atom. The first-order valence-electron chi connectivity index (χ1n) is 19.4. The average molecular weight is 681 g/mol. The predicted molar refractivity (Wildman–Crippen MR) is 201 cm³/mol. The fraction of sp³-hybridized carbons (Fsp3) is 0.707.